The molecule has 0 aromatic heterocycles. The van der Waals surface area contributed by atoms with Gasteiger partial charge in [-0.3, -0.25) is 19.4 Å². The molecule has 36 heavy (non-hydrogen) atoms. The molecule has 0 fully saturated rings. The van der Waals surface area contributed by atoms with Crippen LogP contribution < -0.4 is 5.32 Å². The second-order valence-corrected chi connectivity index (χ2v) is 8.89. The van der Waals surface area contributed by atoms with Gasteiger partial charge in [-0.25, -0.2) is 4.39 Å². The molecule has 1 aliphatic heterocycles. The number of carboxylic acids is 1. The Bertz CT molecular complexity index is 1160. The van der Waals surface area contributed by atoms with E-state index in [0.29, 0.717) is 29.7 Å². The average molecular weight is 494 g/mol. The van der Waals surface area contributed by atoms with E-state index in [2.05, 4.69) is 5.32 Å². The largest absolute Gasteiger partial charge is 0.481 e. The lowest BCUT2D eigenvalue weighted by molar-refractivity contribution is -0.136. The fraction of sp³-hybridized carbons (Fsp3) is 0.357. The van der Waals surface area contributed by atoms with Crippen molar-refractivity contribution in [2.75, 3.05) is 6.54 Å². The molecule has 190 valence electrons. The summed E-state index contributed by atoms with van der Waals surface area (Å²) in [4.78, 5) is 43.4. The Kier molecular flexibility index (Phi) is 8.74. The van der Waals surface area contributed by atoms with E-state index in [1.165, 1.54) is 12.1 Å². The van der Waals surface area contributed by atoms with E-state index in [1.54, 1.807) is 29.2 Å². The second kappa shape index (κ2) is 11.7. The topological polar surface area (TPSA) is 99.1 Å². The van der Waals surface area contributed by atoms with Gasteiger partial charge in [0.05, 0.1) is 12.5 Å². The summed E-state index contributed by atoms with van der Waals surface area (Å²) in [6, 6.07) is 12.4. The van der Waals surface area contributed by atoms with Crippen LogP contribution in [0, 0.1) is 5.82 Å². The Morgan fingerprint density at radius 2 is 1.78 bits per heavy atom. The van der Waals surface area contributed by atoms with E-state index >= 15 is 0 Å². The van der Waals surface area contributed by atoms with Crippen molar-refractivity contribution in [2.24, 2.45) is 4.99 Å². The first kappa shape index (κ1) is 26.8. The number of aliphatic imine (C=N–C) groups is 1. The summed E-state index contributed by atoms with van der Waals surface area (Å²) in [6.07, 6.45) is 5.92. The second-order valence-electron chi connectivity index (χ2n) is 8.89. The summed E-state index contributed by atoms with van der Waals surface area (Å²) in [6.45, 7) is 6.00. The van der Waals surface area contributed by atoms with Crippen molar-refractivity contribution in [3.63, 3.8) is 0 Å². The minimum Gasteiger partial charge on any atom is -0.481 e. The van der Waals surface area contributed by atoms with E-state index in [1.807, 2.05) is 45.1 Å². The highest BCUT2D eigenvalue weighted by Gasteiger charge is 2.46. The molecule has 2 aromatic rings. The molecule has 1 aliphatic rings. The maximum Gasteiger partial charge on any atom is 0.305 e. The number of nitrogens with zero attached hydrogens (tertiary/aromatic N) is 2. The third-order valence-corrected chi connectivity index (χ3v) is 6.20. The minimum absolute atomic E-state index is 0.0446. The van der Waals surface area contributed by atoms with Crippen molar-refractivity contribution in [1.82, 2.24) is 10.2 Å². The molecule has 1 heterocycles. The van der Waals surface area contributed by atoms with Crippen molar-refractivity contribution >= 4 is 23.5 Å². The number of amides is 2. The highest BCUT2D eigenvalue weighted by molar-refractivity contribution is 6.46. The normalized spacial score (nSPS) is 18.4. The van der Waals surface area contributed by atoms with Gasteiger partial charge in [0, 0.05) is 24.1 Å². The first-order valence-electron chi connectivity index (χ1n) is 12.1. The average Bonchev–Trinajstić information content (AvgIpc) is 3.11. The third kappa shape index (κ3) is 6.05. The summed E-state index contributed by atoms with van der Waals surface area (Å²) in [5.74, 6) is -1.94. The third-order valence-electron chi connectivity index (χ3n) is 6.20. The molecule has 0 spiro atoms. The maximum atomic E-state index is 13.7. The van der Waals surface area contributed by atoms with Crippen LogP contribution in [0.3, 0.4) is 0 Å². The monoisotopic (exact) mass is 493 g/mol. The molecule has 2 amide bonds. The van der Waals surface area contributed by atoms with Gasteiger partial charge in [0.15, 0.2) is 0 Å². The van der Waals surface area contributed by atoms with E-state index in [0.717, 1.165) is 12.0 Å². The Morgan fingerprint density at radius 1 is 1.11 bits per heavy atom. The summed E-state index contributed by atoms with van der Waals surface area (Å²) in [5, 5.41) is 11.3. The lowest BCUT2D eigenvalue weighted by atomic mass is 9.96. The van der Waals surface area contributed by atoms with Crippen LogP contribution in [0.5, 0.6) is 0 Å². The molecule has 0 saturated heterocycles. The molecule has 0 radical (unpaired) electrons. The lowest BCUT2D eigenvalue weighted by Gasteiger charge is -2.39. The van der Waals surface area contributed by atoms with E-state index in [-0.39, 0.29) is 36.6 Å². The Balaban J connectivity index is 1.90. The molecule has 1 unspecified atom stereocenters. The first-order valence-corrected chi connectivity index (χ1v) is 12.1. The highest BCUT2D eigenvalue weighted by atomic mass is 19.1. The summed E-state index contributed by atoms with van der Waals surface area (Å²) in [7, 11) is 0. The van der Waals surface area contributed by atoms with Gasteiger partial charge >= 0.3 is 5.97 Å². The van der Waals surface area contributed by atoms with Crippen molar-refractivity contribution in [3.05, 3.63) is 83.2 Å². The van der Waals surface area contributed by atoms with E-state index in [4.69, 9.17) is 10.1 Å². The van der Waals surface area contributed by atoms with Gasteiger partial charge in [-0.05, 0) is 61.7 Å². The van der Waals surface area contributed by atoms with Crippen LogP contribution in [0.1, 0.15) is 74.0 Å². The number of carbonyl (C=O) groups is 3. The van der Waals surface area contributed by atoms with Crippen LogP contribution in [0.4, 0.5) is 4.39 Å². The maximum absolute atomic E-state index is 13.7. The molecule has 0 aliphatic carbocycles. The fourth-order valence-electron chi connectivity index (χ4n) is 4.37. The number of hydrogen-bond acceptors (Lipinski definition) is 4. The first-order chi connectivity index (χ1) is 17.2. The van der Waals surface area contributed by atoms with Crippen LogP contribution in [0.25, 0.3) is 0 Å². The zero-order valence-electron chi connectivity index (χ0n) is 20.8. The predicted octanol–water partition coefficient (Wildman–Crippen LogP) is 4.89. The molecule has 2 atom stereocenters. The predicted molar refractivity (Wildman–Crippen MR) is 136 cm³/mol. The van der Waals surface area contributed by atoms with Gasteiger partial charge in [-0.2, -0.15) is 0 Å². The SMILES string of the molecule is CC/C=C\CC1(C)N=C(c2ccc(F)cc2)C(=O)N1[C@H](CC)c1ccc(C(=O)NCCC(=O)O)cc1. The van der Waals surface area contributed by atoms with E-state index in [9.17, 15) is 18.8 Å². The van der Waals surface area contributed by atoms with Crippen molar-refractivity contribution < 1.29 is 23.9 Å². The Hall–Kier alpha value is -3.81. The van der Waals surface area contributed by atoms with Gasteiger partial charge in [0.1, 0.15) is 17.2 Å². The molecular formula is C28H32FN3O4. The number of aliphatic carboxylic acids is 1. The summed E-state index contributed by atoms with van der Waals surface area (Å²) < 4.78 is 13.5. The van der Waals surface area contributed by atoms with Crippen molar-refractivity contribution in [2.45, 2.75) is 58.2 Å². The van der Waals surface area contributed by atoms with Crippen molar-refractivity contribution in [1.29, 1.82) is 0 Å². The summed E-state index contributed by atoms with van der Waals surface area (Å²) in [5.41, 5.74) is 1.30. The van der Waals surface area contributed by atoms with Crippen LogP contribution in [-0.4, -0.2) is 45.7 Å². The standard InChI is InChI=1S/C28H32FN3O4/c1-4-6-7-17-28(3)31-25(20-12-14-22(29)15-13-20)27(36)32(28)23(5-2)19-8-10-21(11-9-19)26(35)30-18-16-24(33)34/h6-15,23H,4-5,16-18H2,1-3H3,(H,30,35)(H,33,34)/b7-6-/t23-,28?/m1/s1. The lowest BCUT2D eigenvalue weighted by Crippen LogP contribution is -2.46. The molecule has 0 saturated carbocycles. The minimum atomic E-state index is -0.981. The Labute approximate surface area is 210 Å². The van der Waals surface area contributed by atoms with E-state index < -0.39 is 11.6 Å². The number of hydrogen-bond donors (Lipinski definition) is 2. The molecule has 2 aromatic carbocycles. The van der Waals surface area contributed by atoms with Crippen LogP contribution >= 0.6 is 0 Å². The van der Waals surface area contributed by atoms with Crippen LogP contribution in [0.2, 0.25) is 0 Å². The van der Waals surface area contributed by atoms with Gasteiger partial charge < -0.3 is 15.3 Å². The smallest absolute Gasteiger partial charge is 0.305 e. The van der Waals surface area contributed by atoms with Gasteiger partial charge in [-0.1, -0.05) is 38.1 Å². The number of carbonyl (C=O) groups excluding carboxylic acids is 2. The number of allylic oxidation sites excluding steroid dienone is 1. The molecule has 3 rings (SSSR count). The number of halogens is 1. The van der Waals surface area contributed by atoms with Crippen LogP contribution in [0.15, 0.2) is 65.7 Å². The quantitative estimate of drug-likeness (QED) is 0.436. The zero-order chi connectivity index (χ0) is 26.3. The van der Waals surface area contributed by atoms with Crippen LogP contribution in [-0.2, 0) is 9.59 Å². The number of rotatable bonds is 11. The zero-order valence-corrected chi connectivity index (χ0v) is 20.8. The fourth-order valence-corrected chi connectivity index (χ4v) is 4.37. The van der Waals surface area contributed by atoms with Gasteiger partial charge in [-0.15, -0.1) is 0 Å². The molecule has 2 N–H and O–H groups in total. The van der Waals surface area contributed by atoms with Gasteiger partial charge in [0.25, 0.3) is 11.8 Å². The molecule has 7 nitrogen and oxygen atoms in total. The molecule has 8 heteroatoms. The number of nitrogens with one attached hydrogen (secondary N) is 1. The van der Waals surface area contributed by atoms with Crippen molar-refractivity contribution in [3.8, 4) is 0 Å². The number of benzene rings is 2. The number of carboxylic acid groups (broad SMARTS) is 1. The van der Waals surface area contributed by atoms with Gasteiger partial charge in [0.2, 0.25) is 0 Å². The molecule has 0 bridgehead atoms. The Morgan fingerprint density at radius 3 is 2.36 bits per heavy atom. The molecular weight excluding hydrogens is 461 g/mol. The highest BCUT2D eigenvalue weighted by Crippen LogP contribution is 2.39. The summed E-state index contributed by atoms with van der Waals surface area (Å²) >= 11 is 0.